The first-order chi connectivity index (χ1) is 18.6. The molecule has 208 valence electrons. The third kappa shape index (κ3) is 5.32. The number of piperazine rings is 1. The van der Waals surface area contributed by atoms with Gasteiger partial charge in [-0.15, -0.1) is 0 Å². The third-order valence-electron chi connectivity index (χ3n) is 8.38. The molecule has 0 saturated carbocycles. The van der Waals surface area contributed by atoms with Crippen LogP contribution in [0.5, 0.6) is 17.2 Å². The molecular formula is C32H40N2O5. The molecule has 1 saturated heterocycles. The molecule has 1 aromatic heterocycles. The number of benzene rings is 2. The van der Waals surface area contributed by atoms with Crippen LogP contribution in [-0.2, 0) is 12.8 Å². The Morgan fingerprint density at radius 3 is 2.23 bits per heavy atom. The van der Waals surface area contributed by atoms with E-state index in [1.807, 2.05) is 35.2 Å². The van der Waals surface area contributed by atoms with Crippen LogP contribution in [0.15, 0.2) is 34.7 Å². The van der Waals surface area contributed by atoms with Crippen LogP contribution in [0.4, 0.5) is 5.69 Å². The van der Waals surface area contributed by atoms with E-state index in [-0.39, 0.29) is 11.5 Å². The van der Waals surface area contributed by atoms with Gasteiger partial charge in [0.05, 0.1) is 14.2 Å². The molecule has 39 heavy (non-hydrogen) atoms. The van der Waals surface area contributed by atoms with E-state index in [4.69, 9.17) is 18.6 Å². The molecule has 0 radical (unpaired) electrons. The minimum atomic E-state index is -0.138. The molecule has 2 aliphatic heterocycles. The quantitative estimate of drug-likeness (QED) is 0.395. The second-order valence-electron chi connectivity index (χ2n) is 11.3. The lowest BCUT2D eigenvalue weighted by atomic mass is 9.84. The van der Waals surface area contributed by atoms with E-state index in [0.29, 0.717) is 25.3 Å². The number of nitrogens with zero attached hydrogens (tertiary/aromatic N) is 2. The maximum atomic E-state index is 13.3. The van der Waals surface area contributed by atoms with Gasteiger partial charge >= 0.3 is 0 Å². The van der Waals surface area contributed by atoms with Crippen LogP contribution in [0.2, 0.25) is 0 Å². The second kappa shape index (κ2) is 10.5. The standard InChI is InChI=1S/C32H40N2O5/c1-20-21(2)30-27(10-11-32(4,5)39-30)22(3)28(20)19-24-8-9-29(38-24)31(35)34-14-12-33(13-15-34)23-16-25(36-6)18-26(17-23)37-7/h8-9,16-18H,10-15,19H2,1-7H3. The second-order valence-corrected chi connectivity index (χ2v) is 11.3. The molecule has 5 rings (SSSR count). The highest BCUT2D eigenvalue weighted by molar-refractivity contribution is 5.91. The third-order valence-corrected chi connectivity index (χ3v) is 8.38. The van der Waals surface area contributed by atoms with E-state index in [2.05, 4.69) is 39.5 Å². The van der Waals surface area contributed by atoms with Crippen molar-refractivity contribution in [2.45, 2.75) is 59.5 Å². The van der Waals surface area contributed by atoms with Crippen molar-refractivity contribution in [1.29, 1.82) is 0 Å². The number of hydrogen-bond acceptors (Lipinski definition) is 6. The maximum Gasteiger partial charge on any atom is 0.289 e. The molecule has 7 heteroatoms. The minimum Gasteiger partial charge on any atom is -0.497 e. The van der Waals surface area contributed by atoms with Crippen molar-refractivity contribution in [2.75, 3.05) is 45.3 Å². The summed E-state index contributed by atoms with van der Waals surface area (Å²) in [5, 5.41) is 0. The Morgan fingerprint density at radius 1 is 0.923 bits per heavy atom. The van der Waals surface area contributed by atoms with Crippen LogP contribution in [0, 0.1) is 20.8 Å². The minimum absolute atomic E-state index is 0.0604. The average molecular weight is 533 g/mol. The van der Waals surface area contributed by atoms with Gasteiger partial charge in [0.25, 0.3) is 5.91 Å². The Hall–Kier alpha value is -3.61. The molecule has 3 aromatic rings. The Balaban J connectivity index is 1.27. The van der Waals surface area contributed by atoms with Gasteiger partial charge in [0.1, 0.15) is 28.6 Å². The summed E-state index contributed by atoms with van der Waals surface area (Å²) in [4.78, 5) is 17.4. The van der Waals surface area contributed by atoms with E-state index in [1.54, 1.807) is 14.2 Å². The fraction of sp³-hybridized carbons (Fsp3) is 0.469. The van der Waals surface area contributed by atoms with Gasteiger partial charge in [-0.05, 0) is 87.4 Å². The highest BCUT2D eigenvalue weighted by atomic mass is 16.5. The molecule has 0 atom stereocenters. The molecule has 1 amide bonds. The molecule has 3 heterocycles. The highest BCUT2D eigenvalue weighted by Gasteiger charge is 2.31. The lowest BCUT2D eigenvalue weighted by molar-refractivity contribution is 0.0713. The molecule has 0 bridgehead atoms. The summed E-state index contributed by atoms with van der Waals surface area (Å²) in [5.41, 5.74) is 7.18. The molecule has 0 unspecified atom stereocenters. The number of furan rings is 1. The zero-order chi connectivity index (χ0) is 27.9. The largest absolute Gasteiger partial charge is 0.497 e. The number of carbonyl (C=O) groups excluding carboxylic acids is 1. The summed E-state index contributed by atoms with van der Waals surface area (Å²) >= 11 is 0. The SMILES string of the molecule is COc1cc(OC)cc(N2CCN(C(=O)c3ccc(Cc4c(C)c(C)c5c(c4C)CCC(C)(C)O5)o3)CC2)c1. The lowest BCUT2D eigenvalue weighted by Crippen LogP contribution is -2.48. The summed E-state index contributed by atoms with van der Waals surface area (Å²) in [5.74, 6) is 3.70. The monoisotopic (exact) mass is 532 g/mol. The lowest BCUT2D eigenvalue weighted by Gasteiger charge is -2.36. The predicted molar refractivity (Wildman–Crippen MR) is 153 cm³/mol. The fourth-order valence-electron chi connectivity index (χ4n) is 5.78. The highest BCUT2D eigenvalue weighted by Crippen LogP contribution is 2.41. The van der Waals surface area contributed by atoms with Gasteiger partial charge in [0.2, 0.25) is 0 Å². The molecule has 0 N–H and O–H groups in total. The van der Waals surface area contributed by atoms with Gasteiger partial charge in [-0.3, -0.25) is 4.79 Å². The molecule has 7 nitrogen and oxygen atoms in total. The van der Waals surface area contributed by atoms with Crippen LogP contribution >= 0.6 is 0 Å². The Morgan fingerprint density at radius 2 is 1.59 bits per heavy atom. The summed E-state index contributed by atoms with van der Waals surface area (Å²) in [6, 6.07) is 9.62. The van der Waals surface area contributed by atoms with Crippen molar-refractivity contribution < 1.29 is 23.4 Å². The van der Waals surface area contributed by atoms with Crippen molar-refractivity contribution in [1.82, 2.24) is 4.90 Å². The van der Waals surface area contributed by atoms with Crippen molar-refractivity contribution in [3.8, 4) is 17.2 Å². The number of hydrogen-bond donors (Lipinski definition) is 0. The van der Waals surface area contributed by atoms with Crippen molar-refractivity contribution in [3.63, 3.8) is 0 Å². The summed E-state index contributed by atoms with van der Waals surface area (Å²) in [7, 11) is 3.30. The number of amides is 1. The van der Waals surface area contributed by atoms with Crippen molar-refractivity contribution in [2.24, 2.45) is 0 Å². The zero-order valence-corrected chi connectivity index (χ0v) is 24.3. The number of methoxy groups -OCH3 is 2. The van der Waals surface area contributed by atoms with Gasteiger partial charge < -0.3 is 28.4 Å². The van der Waals surface area contributed by atoms with Crippen molar-refractivity contribution in [3.05, 3.63) is 69.7 Å². The molecule has 2 aromatic carbocycles. The number of rotatable bonds is 6. The Bertz CT molecular complexity index is 1360. The van der Waals surface area contributed by atoms with E-state index in [1.165, 1.54) is 27.8 Å². The Kier molecular flexibility index (Phi) is 7.27. The first-order valence-electron chi connectivity index (χ1n) is 13.8. The van der Waals surface area contributed by atoms with E-state index >= 15 is 0 Å². The smallest absolute Gasteiger partial charge is 0.289 e. The van der Waals surface area contributed by atoms with Crippen LogP contribution < -0.4 is 19.1 Å². The van der Waals surface area contributed by atoms with Gasteiger partial charge in [0.15, 0.2) is 5.76 Å². The van der Waals surface area contributed by atoms with E-state index in [9.17, 15) is 4.79 Å². The number of anilines is 1. The van der Waals surface area contributed by atoms with E-state index < -0.39 is 0 Å². The van der Waals surface area contributed by atoms with Gasteiger partial charge in [-0.25, -0.2) is 0 Å². The first-order valence-corrected chi connectivity index (χ1v) is 13.8. The molecule has 0 aliphatic carbocycles. The van der Waals surface area contributed by atoms with Gasteiger partial charge in [-0.2, -0.15) is 0 Å². The number of carbonyl (C=O) groups is 1. The predicted octanol–water partition coefficient (Wildman–Crippen LogP) is 5.88. The fourth-order valence-corrected chi connectivity index (χ4v) is 5.78. The molecule has 0 spiro atoms. The zero-order valence-electron chi connectivity index (χ0n) is 24.3. The first kappa shape index (κ1) is 27.0. The van der Waals surface area contributed by atoms with Crippen LogP contribution in [0.1, 0.15) is 64.4 Å². The number of ether oxygens (including phenoxy) is 3. The Labute approximate surface area is 231 Å². The molecule has 1 fully saturated rings. The van der Waals surface area contributed by atoms with Gasteiger partial charge in [-0.1, -0.05) is 0 Å². The number of fused-ring (bicyclic) bond motifs is 1. The summed E-state index contributed by atoms with van der Waals surface area (Å²) < 4.78 is 23.4. The maximum absolute atomic E-state index is 13.3. The topological polar surface area (TPSA) is 64.4 Å². The normalized spacial score (nSPS) is 16.5. The summed E-state index contributed by atoms with van der Waals surface area (Å²) in [6.07, 6.45) is 2.67. The van der Waals surface area contributed by atoms with Crippen LogP contribution in [0.3, 0.4) is 0 Å². The van der Waals surface area contributed by atoms with E-state index in [0.717, 1.165) is 54.6 Å². The summed E-state index contributed by atoms with van der Waals surface area (Å²) in [6.45, 7) is 13.5. The average Bonchev–Trinajstić information content (AvgIpc) is 3.41. The van der Waals surface area contributed by atoms with Crippen LogP contribution in [0.25, 0.3) is 0 Å². The van der Waals surface area contributed by atoms with Gasteiger partial charge in [0, 0.05) is 56.5 Å². The molecule has 2 aliphatic rings. The van der Waals surface area contributed by atoms with Crippen LogP contribution in [-0.4, -0.2) is 56.8 Å². The van der Waals surface area contributed by atoms with Crippen molar-refractivity contribution >= 4 is 11.6 Å². The molecular weight excluding hydrogens is 492 g/mol.